The summed E-state index contributed by atoms with van der Waals surface area (Å²) in [7, 11) is 0. The molecule has 0 saturated carbocycles. The third-order valence-corrected chi connectivity index (χ3v) is 4.60. The molecule has 0 bridgehead atoms. The van der Waals surface area contributed by atoms with E-state index in [0.29, 0.717) is 24.9 Å². The summed E-state index contributed by atoms with van der Waals surface area (Å²) in [5, 5.41) is 16.2. The monoisotopic (exact) mass is 377 g/mol. The molecular weight excluding hydrogens is 356 g/mol. The molecule has 0 fully saturated rings. The van der Waals surface area contributed by atoms with E-state index in [1.807, 2.05) is 13.8 Å². The number of carbonyl (C=O) groups excluding carboxylic acids is 1. The number of benzene rings is 1. The highest BCUT2D eigenvalue weighted by molar-refractivity contribution is 5.96. The van der Waals surface area contributed by atoms with Gasteiger partial charge < -0.3 is 10.4 Å². The second kappa shape index (κ2) is 7.46. The first-order valence-corrected chi connectivity index (χ1v) is 8.87. The van der Waals surface area contributed by atoms with Crippen molar-refractivity contribution in [2.24, 2.45) is 5.92 Å². The molecule has 2 aromatic rings. The molecule has 1 aliphatic rings. The zero-order valence-electron chi connectivity index (χ0n) is 15.1. The third-order valence-electron chi connectivity index (χ3n) is 4.60. The fourth-order valence-electron chi connectivity index (χ4n) is 3.37. The SMILES string of the molecule is CC(C)CC(NC(=O)c1nn(-c2ccc(F)c(F)c2)c2c1CCC2)C(=O)O. The molecule has 0 radical (unpaired) electrons. The predicted octanol–water partition coefficient (Wildman–Crippen LogP) is 2.87. The van der Waals surface area contributed by atoms with Crippen molar-refractivity contribution in [3.63, 3.8) is 0 Å². The smallest absolute Gasteiger partial charge is 0.326 e. The van der Waals surface area contributed by atoms with E-state index in [0.717, 1.165) is 29.8 Å². The van der Waals surface area contributed by atoms with Crippen molar-refractivity contribution >= 4 is 11.9 Å². The Morgan fingerprint density at radius 1 is 1.26 bits per heavy atom. The first-order chi connectivity index (χ1) is 12.8. The van der Waals surface area contributed by atoms with Gasteiger partial charge in [-0.3, -0.25) is 4.79 Å². The quantitative estimate of drug-likeness (QED) is 0.811. The summed E-state index contributed by atoms with van der Waals surface area (Å²) in [5.41, 5.74) is 1.96. The topological polar surface area (TPSA) is 84.2 Å². The van der Waals surface area contributed by atoms with Gasteiger partial charge in [-0.2, -0.15) is 5.10 Å². The maximum absolute atomic E-state index is 13.6. The van der Waals surface area contributed by atoms with Crippen molar-refractivity contribution in [3.05, 3.63) is 46.8 Å². The summed E-state index contributed by atoms with van der Waals surface area (Å²) < 4.78 is 28.3. The van der Waals surface area contributed by atoms with Crippen LogP contribution < -0.4 is 5.32 Å². The zero-order valence-corrected chi connectivity index (χ0v) is 15.1. The van der Waals surface area contributed by atoms with Crippen LogP contribution in [0.2, 0.25) is 0 Å². The number of carbonyl (C=O) groups is 2. The molecule has 144 valence electrons. The molecule has 1 aromatic carbocycles. The number of carboxylic acids is 1. The van der Waals surface area contributed by atoms with E-state index in [1.165, 1.54) is 10.7 Å². The lowest BCUT2D eigenvalue weighted by Crippen LogP contribution is -2.42. The Bertz CT molecular complexity index is 893. The van der Waals surface area contributed by atoms with Crippen LogP contribution in [0.15, 0.2) is 18.2 Å². The van der Waals surface area contributed by atoms with Gasteiger partial charge in [0, 0.05) is 17.3 Å². The summed E-state index contributed by atoms with van der Waals surface area (Å²) in [6, 6.07) is 2.42. The maximum Gasteiger partial charge on any atom is 0.326 e. The minimum Gasteiger partial charge on any atom is -0.480 e. The zero-order chi connectivity index (χ0) is 19.7. The van der Waals surface area contributed by atoms with Crippen LogP contribution in [-0.4, -0.2) is 32.8 Å². The molecule has 8 heteroatoms. The minimum atomic E-state index is -1.10. The number of fused-ring (bicyclic) bond motifs is 1. The molecular formula is C19H21F2N3O3. The summed E-state index contributed by atoms with van der Waals surface area (Å²) >= 11 is 0. The fourth-order valence-corrected chi connectivity index (χ4v) is 3.37. The van der Waals surface area contributed by atoms with Gasteiger partial charge in [0.05, 0.1) is 5.69 Å². The van der Waals surface area contributed by atoms with Crippen LogP contribution in [0.1, 0.15) is 48.4 Å². The molecule has 1 heterocycles. The Hall–Kier alpha value is -2.77. The van der Waals surface area contributed by atoms with Crippen LogP contribution in [0, 0.1) is 17.6 Å². The van der Waals surface area contributed by atoms with E-state index >= 15 is 0 Å². The summed E-state index contributed by atoms with van der Waals surface area (Å²) in [6.45, 7) is 3.75. The molecule has 0 spiro atoms. The highest BCUT2D eigenvalue weighted by Crippen LogP contribution is 2.28. The van der Waals surface area contributed by atoms with E-state index in [1.54, 1.807) is 0 Å². The highest BCUT2D eigenvalue weighted by atomic mass is 19.2. The predicted molar refractivity (Wildman–Crippen MR) is 93.9 cm³/mol. The second-order valence-electron chi connectivity index (χ2n) is 7.13. The van der Waals surface area contributed by atoms with Gasteiger partial charge in [0.2, 0.25) is 0 Å². The van der Waals surface area contributed by atoms with Crippen LogP contribution >= 0.6 is 0 Å². The molecule has 1 aliphatic carbocycles. The van der Waals surface area contributed by atoms with Crippen molar-refractivity contribution in [1.82, 2.24) is 15.1 Å². The molecule has 1 unspecified atom stereocenters. The Labute approximate surface area is 155 Å². The van der Waals surface area contributed by atoms with Crippen LogP contribution in [0.25, 0.3) is 5.69 Å². The lowest BCUT2D eigenvalue weighted by atomic mass is 10.0. The van der Waals surface area contributed by atoms with Gasteiger partial charge in [0.15, 0.2) is 17.3 Å². The van der Waals surface area contributed by atoms with E-state index in [2.05, 4.69) is 10.4 Å². The number of aliphatic carboxylic acids is 1. The molecule has 2 N–H and O–H groups in total. The summed E-state index contributed by atoms with van der Waals surface area (Å²) in [4.78, 5) is 24.1. The van der Waals surface area contributed by atoms with E-state index < -0.39 is 29.6 Å². The average Bonchev–Trinajstić information content (AvgIpc) is 3.18. The Morgan fingerprint density at radius 2 is 2.00 bits per heavy atom. The van der Waals surface area contributed by atoms with Gasteiger partial charge >= 0.3 is 5.97 Å². The van der Waals surface area contributed by atoms with Gasteiger partial charge in [-0.1, -0.05) is 13.8 Å². The largest absolute Gasteiger partial charge is 0.480 e. The van der Waals surface area contributed by atoms with Crippen LogP contribution in [0.5, 0.6) is 0 Å². The maximum atomic E-state index is 13.6. The van der Waals surface area contributed by atoms with Crippen LogP contribution in [0.4, 0.5) is 8.78 Å². The van der Waals surface area contributed by atoms with E-state index in [-0.39, 0.29) is 11.6 Å². The van der Waals surface area contributed by atoms with Gasteiger partial charge in [-0.05, 0) is 43.7 Å². The fraction of sp³-hybridized carbons (Fsp3) is 0.421. The van der Waals surface area contributed by atoms with Crippen molar-refractivity contribution in [2.45, 2.75) is 45.6 Å². The lowest BCUT2D eigenvalue weighted by molar-refractivity contribution is -0.139. The Kier molecular flexibility index (Phi) is 5.25. The van der Waals surface area contributed by atoms with Gasteiger partial charge in [-0.25, -0.2) is 18.3 Å². The number of amides is 1. The Balaban J connectivity index is 1.94. The minimum absolute atomic E-state index is 0.0943. The second-order valence-corrected chi connectivity index (χ2v) is 7.13. The number of halogens is 2. The number of hydrogen-bond donors (Lipinski definition) is 2. The first kappa shape index (κ1) is 19.0. The molecule has 3 rings (SSSR count). The molecule has 6 nitrogen and oxygen atoms in total. The lowest BCUT2D eigenvalue weighted by Gasteiger charge is -2.16. The van der Waals surface area contributed by atoms with Crippen molar-refractivity contribution < 1.29 is 23.5 Å². The molecule has 0 saturated heterocycles. The molecule has 27 heavy (non-hydrogen) atoms. The average molecular weight is 377 g/mol. The number of rotatable bonds is 6. The number of nitrogens with zero attached hydrogens (tertiary/aromatic N) is 2. The summed E-state index contributed by atoms with van der Waals surface area (Å²) in [5.74, 6) is -3.53. The van der Waals surface area contributed by atoms with E-state index in [9.17, 15) is 23.5 Å². The molecule has 1 aromatic heterocycles. The summed E-state index contributed by atoms with van der Waals surface area (Å²) in [6.07, 6.45) is 2.39. The van der Waals surface area contributed by atoms with Crippen molar-refractivity contribution in [1.29, 1.82) is 0 Å². The van der Waals surface area contributed by atoms with Crippen molar-refractivity contribution in [2.75, 3.05) is 0 Å². The Morgan fingerprint density at radius 3 is 2.63 bits per heavy atom. The van der Waals surface area contributed by atoms with Crippen LogP contribution in [0.3, 0.4) is 0 Å². The highest BCUT2D eigenvalue weighted by Gasteiger charge is 2.30. The standard InChI is InChI=1S/C19H21F2N3O3/c1-10(2)8-15(19(26)27)22-18(25)17-12-4-3-5-16(12)24(23-17)11-6-7-13(20)14(21)9-11/h6-7,9-10,15H,3-5,8H2,1-2H3,(H,22,25)(H,26,27). The number of aromatic nitrogens is 2. The molecule has 1 atom stereocenters. The van der Waals surface area contributed by atoms with Gasteiger partial charge in [0.25, 0.3) is 5.91 Å². The number of carboxylic acid groups (broad SMARTS) is 1. The van der Waals surface area contributed by atoms with E-state index in [4.69, 9.17) is 0 Å². The van der Waals surface area contributed by atoms with Gasteiger partial charge in [0.1, 0.15) is 6.04 Å². The number of nitrogens with one attached hydrogen (secondary N) is 1. The number of hydrogen-bond acceptors (Lipinski definition) is 3. The van der Waals surface area contributed by atoms with Crippen LogP contribution in [-0.2, 0) is 17.6 Å². The van der Waals surface area contributed by atoms with Gasteiger partial charge in [-0.15, -0.1) is 0 Å². The first-order valence-electron chi connectivity index (χ1n) is 8.87. The molecule has 1 amide bonds. The normalized spacial score (nSPS) is 14.3. The van der Waals surface area contributed by atoms with Crippen molar-refractivity contribution in [3.8, 4) is 5.69 Å². The molecule has 0 aliphatic heterocycles. The third kappa shape index (κ3) is 3.84.